The maximum Gasteiger partial charge on any atom is 0.325 e. The van der Waals surface area contributed by atoms with Crippen LogP contribution in [-0.2, 0) is 17.6 Å². The van der Waals surface area contributed by atoms with Gasteiger partial charge in [0, 0.05) is 11.1 Å². The van der Waals surface area contributed by atoms with E-state index in [2.05, 4.69) is 27.4 Å². The van der Waals surface area contributed by atoms with Crippen LogP contribution in [0, 0.1) is 0 Å². The Balaban J connectivity index is 2.07. The standard InChI is InChI=1S/C16H17N3O2/c1-10(16(20)21)19-15-13-8-4-6-11-5-2-3-7-12(11)14(13)17-9-18-15/h2-3,5,7,9-10H,4,6,8H2,1H3,(H,20,21)(H,17,18,19). The minimum atomic E-state index is -0.892. The Hall–Kier alpha value is -2.43. The quantitative estimate of drug-likeness (QED) is 0.905. The first kappa shape index (κ1) is 13.5. The van der Waals surface area contributed by atoms with Gasteiger partial charge in [0.1, 0.15) is 18.2 Å². The predicted molar refractivity (Wildman–Crippen MR) is 80.2 cm³/mol. The Morgan fingerprint density at radius 2 is 2.10 bits per heavy atom. The highest BCUT2D eigenvalue weighted by atomic mass is 16.4. The van der Waals surface area contributed by atoms with Crippen LogP contribution in [0.5, 0.6) is 0 Å². The zero-order valence-corrected chi connectivity index (χ0v) is 11.8. The number of nitrogens with one attached hydrogen (secondary N) is 1. The molecule has 1 aromatic heterocycles. The Labute approximate surface area is 123 Å². The Morgan fingerprint density at radius 1 is 1.29 bits per heavy atom. The van der Waals surface area contributed by atoms with E-state index in [9.17, 15) is 4.79 Å². The second-order valence-electron chi connectivity index (χ2n) is 5.26. The Bertz CT molecular complexity index is 685. The summed E-state index contributed by atoms with van der Waals surface area (Å²) in [5, 5.41) is 12.0. The average Bonchev–Trinajstić information content (AvgIpc) is 2.67. The average molecular weight is 283 g/mol. The summed E-state index contributed by atoms with van der Waals surface area (Å²) in [5.41, 5.74) is 4.33. The molecule has 0 saturated heterocycles. The molecule has 0 saturated carbocycles. The van der Waals surface area contributed by atoms with Crippen LogP contribution >= 0.6 is 0 Å². The molecule has 1 unspecified atom stereocenters. The van der Waals surface area contributed by atoms with E-state index >= 15 is 0 Å². The summed E-state index contributed by atoms with van der Waals surface area (Å²) in [6.45, 7) is 1.61. The predicted octanol–water partition coefficient (Wildman–Crippen LogP) is 2.52. The van der Waals surface area contributed by atoms with Crippen LogP contribution in [0.4, 0.5) is 5.82 Å². The van der Waals surface area contributed by atoms with Crippen LogP contribution in [0.25, 0.3) is 11.3 Å². The number of hydrogen-bond donors (Lipinski definition) is 2. The number of hydrogen-bond acceptors (Lipinski definition) is 4. The van der Waals surface area contributed by atoms with Gasteiger partial charge in [-0.3, -0.25) is 4.79 Å². The minimum Gasteiger partial charge on any atom is -0.480 e. The van der Waals surface area contributed by atoms with Gasteiger partial charge in [-0.25, -0.2) is 9.97 Å². The van der Waals surface area contributed by atoms with Crippen molar-refractivity contribution < 1.29 is 9.90 Å². The summed E-state index contributed by atoms with van der Waals surface area (Å²) in [6.07, 6.45) is 4.35. The molecule has 1 aliphatic rings. The molecular formula is C16H17N3O2. The van der Waals surface area contributed by atoms with Gasteiger partial charge in [-0.05, 0) is 31.7 Å². The molecule has 1 atom stereocenters. The van der Waals surface area contributed by atoms with Crippen LogP contribution < -0.4 is 5.32 Å². The summed E-state index contributed by atoms with van der Waals surface area (Å²) >= 11 is 0. The number of fused-ring (bicyclic) bond motifs is 3. The molecule has 2 aromatic rings. The number of carboxylic acid groups (broad SMARTS) is 1. The van der Waals surface area contributed by atoms with Crippen molar-refractivity contribution in [2.24, 2.45) is 0 Å². The largest absolute Gasteiger partial charge is 0.480 e. The van der Waals surface area contributed by atoms with E-state index < -0.39 is 12.0 Å². The lowest BCUT2D eigenvalue weighted by atomic mass is 10.0. The van der Waals surface area contributed by atoms with E-state index in [4.69, 9.17) is 5.11 Å². The summed E-state index contributed by atoms with van der Waals surface area (Å²) in [5.74, 6) is -0.261. The van der Waals surface area contributed by atoms with Crippen molar-refractivity contribution in [2.45, 2.75) is 32.2 Å². The van der Waals surface area contributed by atoms with Gasteiger partial charge in [-0.2, -0.15) is 0 Å². The third-order valence-electron chi connectivity index (χ3n) is 3.81. The fourth-order valence-corrected chi connectivity index (χ4v) is 2.70. The Morgan fingerprint density at radius 3 is 2.90 bits per heavy atom. The second-order valence-corrected chi connectivity index (χ2v) is 5.26. The van der Waals surface area contributed by atoms with Gasteiger partial charge in [0.15, 0.2) is 0 Å². The first-order chi connectivity index (χ1) is 10.2. The molecule has 0 fully saturated rings. The lowest BCUT2D eigenvalue weighted by Crippen LogP contribution is -2.26. The van der Waals surface area contributed by atoms with Crippen molar-refractivity contribution in [3.8, 4) is 11.3 Å². The molecule has 0 spiro atoms. The highest BCUT2D eigenvalue weighted by Crippen LogP contribution is 2.33. The normalized spacial score (nSPS) is 14.5. The number of anilines is 1. The fourth-order valence-electron chi connectivity index (χ4n) is 2.70. The monoisotopic (exact) mass is 283 g/mol. The number of rotatable bonds is 3. The zero-order valence-electron chi connectivity index (χ0n) is 11.8. The smallest absolute Gasteiger partial charge is 0.325 e. The first-order valence-electron chi connectivity index (χ1n) is 7.08. The molecule has 108 valence electrons. The molecule has 0 aliphatic heterocycles. The van der Waals surface area contributed by atoms with Crippen molar-refractivity contribution in [3.05, 3.63) is 41.7 Å². The van der Waals surface area contributed by atoms with Crippen molar-refractivity contribution >= 4 is 11.8 Å². The van der Waals surface area contributed by atoms with Gasteiger partial charge in [0.25, 0.3) is 0 Å². The van der Waals surface area contributed by atoms with E-state index in [1.165, 1.54) is 11.9 Å². The number of benzene rings is 1. The highest BCUT2D eigenvalue weighted by Gasteiger charge is 2.20. The fraction of sp³-hybridized carbons (Fsp3) is 0.312. The second kappa shape index (κ2) is 5.52. The van der Waals surface area contributed by atoms with Crippen LogP contribution in [-0.4, -0.2) is 27.1 Å². The van der Waals surface area contributed by atoms with Crippen LogP contribution in [0.2, 0.25) is 0 Å². The minimum absolute atomic E-state index is 0.631. The SMILES string of the molecule is CC(Nc1ncnc2c1CCCc1ccccc1-2)C(=O)O. The molecule has 5 heteroatoms. The van der Waals surface area contributed by atoms with Crippen molar-refractivity contribution in [1.82, 2.24) is 9.97 Å². The molecule has 5 nitrogen and oxygen atoms in total. The molecule has 3 rings (SSSR count). The number of nitrogens with zero attached hydrogens (tertiary/aromatic N) is 2. The van der Waals surface area contributed by atoms with E-state index in [-0.39, 0.29) is 0 Å². The third kappa shape index (κ3) is 2.59. The number of aromatic nitrogens is 2. The third-order valence-corrected chi connectivity index (χ3v) is 3.81. The van der Waals surface area contributed by atoms with Crippen LogP contribution in [0.1, 0.15) is 24.5 Å². The maximum absolute atomic E-state index is 11.0. The van der Waals surface area contributed by atoms with E-state index in [0.29, 0.717) is 5.82 Å². The van der Waals surface area contributed by atoms with Gasteiger partial charge in [-0.1, -0.05) is 24.3 Å². The van der Waals surface area contributed by atoms with E-state index in [0.717, 1.165) is 36.1 Å². The zero-order chi connectivity index (χ0) is 14.8. The summed E-state index contributed by atoms with van der Waals surface area (Å²) in [7, 11) is 0. The number of aryl methyl sites for hydroxylation is 1. The molecule has 1 heterocycles. The van der Waals surface area contributed by atoms with E-state index in [1.807, 2.05) is 12.1 Å². The summed E-state index contributed by atoms with van der Waals surface area (Å²) < 4.78 is 0. The number of carbonyl (C=O) groups is 1. The summed E-state index contributed by atoms with van der Waals surface area (Å²) in [4.78, 5) is 19.7. The lowest BCUT2D eigenvalue weighted by Gasteiger charge is -2.15. The Kier molecular flexibility index (Phi) is 3.56. The molecular weight excluding hydrogens is 266 g/mol. The van der Waals surface area contributed by atoms with Gasteiger partial charge < -0.3 is 10.4 Å². The first-order valence-corrected chi connectivity index (χ1v) is 7.08. The van der Waals surface area contributed by atoms with Gasteiger partial charge >= 0.3 is 5.97 Å². The number of aliphatic carboxylic acids is 1. The van der Waals surface area contributed by atoms with Gasteiger partial charge in [0.05, 0.1) is 5.69 Å². The number of carboxylic acids is 1. The van der Waals surface area contributed by atoms with E-state index in [1.54, 1.807) is 6.92 Å². The molecule has 1 aromatic carbocycles. The van der Waals surface area contributed by atoms with Gasteiger partial charge in [-0.15, -0.1) is 0 Å². The van der Waals surface area contributed by atoms with Crippen molar-refractivity contribution in [3.63, 3.8) is 0 Å². The van der Waals surface area contributed by atoms with Crippen molar-refractivity contribution in [1.29, 1.82) is 0 Å². The van der Waals surface area contributed by atoms with Gasteiger partial charge in [0.2, 0.25) is 0 Å². The van der Waals surface area contributed by atoms with Crippen LogP contribution in [0.15, 0.2) is 30.6 Å². The van der Waals surface area contributed by atoms with Crippen molar-refractivity contribution in [2.75, 3.05) is 5.32 Å². The molecule has 1 aliphatic carbocycles. The molecule has 0 amide bonds. The molecule has 21 heavy (non-hydrogen) atoms. The molecule has 0 radical (unpaired) electrons. The topological polar surface area (TPSA) is 75.1 Å². The lowest BCUT2D eigenvalue weighted by molar-refractivity contribution is -0.137. The maximum atomic E-state index is 11.0. The highest BCUT2D eigenvalue weighted by molar-refractivity contribution is 5.78. The molecule has 2 N–H and O–H groups in total. The van der Waals surface area contributed by atoms with Crippen LogP contribution in [0.3, 0.4) is 0 Å². The summed E-state index contributed by atoms with van der Waals surface area (Å²) in [6, 6.07) is 7.55. The molecule has 0 bridgehead atoms.